The van der Waals surface area contributed by atoms with Crippen LogP contribution in [0.2, 0.25) is 0 Å². The van der Waals surface area contributed by atoms with Gasteiger partial charge in [0.1, 0.15) is 17.8 Å². The van der Waals surface area contributed by atoms with Crippen molar-refractivity contribution >= 4 is 0 Å². The van der Waals surface area contributed by atoms with Crippen LogP contribution in [0.1, 0.15) is 18.7 Å². The van der Waals surface area contributed by atoms with Gasteiger partial charge in [0.15, 0.2) is 6.23 Å². The molecule has 8 heteroatoms. The number of aryl methyl sites for hydroxylation is 1. The van der Waals surface area contributed by atoms with Gasteiger partial charge in [-0.25, -0.2) is 4.79 Å². The molecule has 0 aliphatic carbocycles. The van der Waals surface area contributed by atoms with E-state index in [1.54, 1.807) is 13.8 Å². The number of aromatic nitrogens is 2. The molecule has 8 nitrogen and oxygen atoms in total. The van der Waals surface area contributed by atoms with Gasteiger partial charge in [0.25, 0.3) is 5.56 Å². The highest BCUT2D eigenvalue weighted by atomic mass is 16.7. The number of aromatic amines is 1. The predicted molar refractivity (Wildman–Crippen MR) is 66.3 cm³/mol. The third kappa shape index (κ3) is 1.56. The summed E-state index contributed by atoms with van der Waals surface area (Å²) in [6, 6.07) is 0. The maximum atomic E-state index is 11.9. The molecule has 0 amide bonds. The maximum absolute atomic E-state index is 11.9. The lowest BCUT2D eigenvalue weighted by atomic mass is 9.95. The first-order valence-electron chi connectivity index (χ1n) is 6.35. The molecule has 20 heavy (non-hydrogen) atoms. The largest absolute Gasteiger partial charge is 0.393 e. The summed E-state index contributed by atoms with van der Waals surface area (Å²) in [6.45, 7) is 2.83. The zero-order chi connectivity index (χ0) is 14.7. The summed E-state index contributed by atoms with van der Waals surface area (Å²) in [7, 11) is 0. The minimum atomic E-state index is -1.24. The number of H-pyrrole nitrogens is 1. The van der Waals surface area contributed by atoms with Crippen LogP contribution in [0.4, 0.5) is 0 Å². The van der Waals surface area contributed by atoms with Crippen LogP contribution in [-0.4, -0.2) is 50.3 Å². The highest BCUT2D eigenvalue weighted by molar-refractivity contribution is 5.12. The Morgan fingerprint density at radius 3 is 2.80 bits per heavy atom. The standard InChI is InChI=1S/C12H16N2O6/c1-5-3-14(11(18)13-9(5)17)10-7-8(16)12(4-15,20-10)6(2)19-7/h3,6-8,10,15-16H,4H2,1-2H3,(H,13,17,18)/t6?,7?,8?,10-,12+/m1/s1. The lowest BCUT2D eigenvalue weighted by molar-refractivity contribution is -0.218. The fraction of sp³-hybridized carbons (Fsp3) is 0.667. The number of hydrogen-bond donors (Lipinski definition) is 3. The second-order valence-corrected chi connectivity index (χ2v) is 5.29. The van der Waals surface area contributed by atoms with Crippen LogP contribution in [0, 0.1) is 6.92 Å². The molecule has 3 heterocycles. The van der Waals surface area contributed by atoms with Gasteiger partial charge in [0, 0.05) is 11.8 Å². The Hall–Kier alpha value is -1.48. The predicted octanol–water partition coefficient (Wildman–Crippen LogP) is -1.75. The number of aliphatic hydroxyl groups excluding tert-OH is 2. The van der Waals surface area contributed by atoms with Crippen molar-refractivity contribution in [3.05, 3.63) is 32.6 Å². The van der Waals surface area contributed by atoms with Crippen molar-refractivity contribution in [1.82, 2.24) is 9.55 Å². The molecule has 3 N–H and O–H groups in total. The molecule has 2 aliphatic rings. The van der Waals surface area contributed by atoms with Crippen LogP contribution >= 0.6 is 0 Å². The Labute approximate surface area is 113 Å². The Kier molecular flexibility index (Phi) is 2.87. The Morgan fingerprint density at radius 1 is 1.50 bits per heavy atom. The van der Waals surface area contributed by atoms with Gasteiger partial charge in [-0.1, -0.05) is 0 Å². The Balaban J connectivity index is 2.05. The third-order valence-electron chi connectivity index (χ3n) is 4.15. The molecule has 110 valence electrons. The monoisotopic (exact) mass is 284 g/mol. The molecule has 0 spiro atoms. The van der Waals surface area contributed by atoms with Gasteiger partial charge >= 0.3 is 5.69 Å². The zero-order valence-electron chi connectivity index (χ0n) is 11.1. The summed E-state index contributed by atoms with van der Waals surface area (Å²) in [6.07, 6.45) is -1.80. The van der Waals surface area contributed by atoms with E-state index in [4.69, 9.17) is 9.47 Å². The molecule has 2 bridgehead atoms. The van der Waals surface area contributed by atoms with Crippen LogP contribution in [0.3, 0.4) is 0 Å². The van der Waals surface area contributed by atoms with Crippen LogP contribution in [0.5, 0.6) is 0 Å². The van der Waals surface area contributed by atoms with Crippen molar-refractivity contribution in [3.8, 4) is 0 Å². The highest BCUT2D eigenvalue weighted by Gasteiger charge is 2.65. The number of nitrogens with zero attached hydrogens (tertiary/aromatic N) is 1. The normalized spacial score (nSPS) is 39.4. The van der Waals surface area contributed by atoms with E-state index in [9.17, 15) is 19.8 Å². The molecule has 0 saturated carbocycles. The first-order valence-corrected chi connectivity index (χ1v) is 6.35. The quantitative estimate of drug-likeness (QED) is 0.593. The molecule has 3 unspecified atom stereocenters. The smallest absolute Gasteiger partial charge is 0.330 e. The van der Waals surface area contributed by atoms with Crippen molar-refractivity contribution in [1.29, 1.82) is 0 Å². The minimum Gasteiger partial charge on any atom is -0.393 e. The average Bonchev–Trinajstić information content (AvgIpc) is 2.81. The molecule has 1 aromatic rings. The summed E-state index contributed by atoms with van der Waals surface area (Å²) < 4.78 is 12.4. The van der Waals surface area contributed by atoms with Crippen molar-refractivity contribution in [3.63, 3.8) is 0 Å². The average molecular weight is 284 g/mol. The summed E-state index contributed by atoms with van der Waals surface area (Å²) in [5, 5.41) is 19.7. The van der Waals surface area contributed by atoms with Gasteiger partial charge in [-0.3, -0.25) is 14.3 Å². The van der Waals surface area contributed by atoms with Crippen LogP contribution in [-0.2, 0) is 9.47 Å². The third-order valence-corrected chi connectivity index (χ3v) is 4.15. The zero-order valence-corrected chi connectivity index (χ0v) is 11.1. The molecule has 5 atom stereocenters. The molecule has 1 aromatic heterocycles. The maximum Gasteiger partial charge on any atom is 0.330 e. The molecule has 0 radical (unpaired) electrons. The SMILES string of the molecule is Cc1cn([C@@H]2O[C@@]3(CO)C(C)OC2C3O)c(=O)[nH]c1=O. The number of fused-ring (bicyclic) bond motifs is 2. The minimum absolute atomic E-state index is 0.344. The highest BCUT2D eigenvalue weighted by Crippen LogP contribution is 2.47. The Bertz CT molecular complexity index is 652. The van der Waals surface area contributed by atoms with Gasteiger partial charge in [-0.15, -0.1) is 0 Å². The molecular formula is C12H16N2O6. The molecule has 3 rings (SSSR count). The fourth-order valence-electron chi connectivity index (χ4n) is 2.87. The molecule has 2 saturated heterocycles. The topological polar surface area (TPSA) is 114 Å². The summed E-state index contributed by atoms with van der Waals surface area (Å²) in [5.74, 6) is 0. The molecule has 2 aliphatic heterocycles. The van der Waals surface area contributed by atoms with Gasteiger partial charge < -0.3 is 19.7 Å². The van der Waals surface area contributed by atoms with E-state index >= 15 is 0 Å². The number of ether oxygens (including phenoxy) is 2. The van der Waals surface area contributed by atoms with Crippen molar-refractivity contribution in [2.24, 2.45) is 0 Å². The van der Waals surface area contributed by atoms with Crippen LogP contribution in [0.25, 0.3) is 0 Å². The van der Waals surface area contributed by atoms with E-state index in [-0.39, 0.29) is 0 Å². The summed E-state index contributed by atoms with van der Waals surface area (Å²) >= 11 is 0. The van der Waals surface area contributed by atoms with E-state index in [0.29, 0.717) is 5.56 Å². The lowest BCUT2D eigenvalue weighted by Crippen LogP contribution is -2.50. The Morgan fingerprint density at radius 2 is 2.20 bits per heavy atom. The van der Waals surface area contributed by atoms with Crippen LogP contribution < -0.4 is 11.2 Å². The molecular weight excluding hydrogens is 268 g/mol. The number of hydrogen-bond acceptors (Lipinski definition) is 6. The van der Waals surface area contributed by atoms with E-state index in [0.717, 1.165) is 0 Å². The first kappa shape index (κ1) is 13.5. The first-order chi connectivity index (χ1) is 9.40. The van der Waals surface area contributed by atoms with E-state index in [2.05, 4.69) is 4.98 Å². The van der Waals surface area contributed by atoms with Crippen LogP contribution in [0.15, 0.2) is 15.8 Å². The molecule has 2 fully saturated rings. The van der Waals surface area contributed by atoms with Gasteiger partial charge in [-0.2, -0.15) is 0 Å². The van der Waals surface area contributed by atoms with E-state index in [1.165, 1.54) is 10.8 Å². The number of rotatable bonds is 2. The second-order valence-electron chi connectivity index (χ2n) is 5.29. The lowest BCUT2D eigenvalue weighted by Gasteiger charge is -2.34. The van der Waals surface area contributed by atoms with Crippen molar-refractivity contribution in [2.75, 3.05) is 6.61 Å². The van der Waals surface area contributed by atoms with E-state index < -0.39 is 48.0 Å². The molecule has 0 aromatic carbocycles. The van der Waals surface area contributed by atoms with Gasteiger partial charge in [-0.05, 0) is 13.8 Å². The summed E-state index contributed by atoms with van der Waals surface area (Å²) in [5.41, 5.74) is -2.01. The second kappa shape index (κ2) is 4.26. The summed E-state index contributed by atoms with van der Waals surface area (Å²) in [4.78, 5) is 25.4. The van der Waals surface area contributed by atoms with E-state index in [1.807, 2.05) is 0 Å². The van der Waals surface area contributed by atoms with Gasteiger partial charge in [0.2, 0.25) is 0 Å². The number of aliphatic hydroxyl groups is 2. The van der Waals surface area contributed by atoms with Crippen molar-refractivity contribution in [2.45, 2.75) is 44.0 Å². The van der Waals surface area contributed by atoms with Crippen molar-refractivity contribution < 1.29 is 19.7 Å². The van der Waals surface area contributed by atoms with Gasteiger partial charge in [0.05, 0.1) is 12.7 Å². The number of nitrogens with one attached hydrogen (secondary N) is 1. The fourth-order valence-corrected chi connectivity index (χ4v) is 2.87.